The predicted octanol–water partition coefficient (Wildman–Crippen LogP) is 2.31. The first-order valence-corrected chi connectivity index (χ1v) is 12.2. The molecule has 6 rings (SSSR count). The molecule has 2 aliphatic rings. The smallest absolute Gasteiger partial charge is 0.270 e. The molecule has 0 radical (unpaired) electrons. The monoisotopic (exact) mass is 498 g/mol. The molecule has 37 heavy (non-hydrogen) atoms. The van der Waals surface area contributed by atoms with Gasteiger partial charge in [-0.1, -0.05) is 0 Å². The first-order chi connectivity index (χ1) is 17.8. The largest absolute Gasteiger partial charge is 0.474 e. The van der Waals surface area contributed by atoms with Crippen LogP contribution in [0.3, 0.4) is 0 Å². The van der Waals surface area contributed by atoms with Gasteiger partial charge in [0.25, 0.3) is 11.8 Å². The zero-order valence-corrected chi connectivity index (χ0v) is 20.3. The number of amides is 2. The molecule has 4 heterocycles. The van der Waals surface area contributed by atoms with Crippen LogP contribution in [0, 0.1) is 5.41 Å². The van der Waals surface area contributed by atoms with E-state index in [0.717, 1.165) is 36.8 Å². The SMILES string of the molecule is Cn1cc(-c2ccn3c(C(=O)NC4CC5(C4)CC(Oc4ncccc4C(N)=O)C5)cnc3c2)ccc1=O. The molecule has 0 unspecified atom stereocenters. The first-order valence-electron chi connectivity index (χ1n) is 12.2. The average Bonchev–Trinajstić information content (AvgIpc) is 3.26. The Bertz CT molecular complexity index is 1590. The molecule has 0 atom stereocenters. The van der Waals surface area contributed by atoms with Crippen LogP contribution in [0.25, 0.3) is 16.8 Å². The van der Waals surface area contributed by atoms with Crippen LogP contribution in [0.2, 0.25) is 0 Å². The van der Waals surface area contributed by atoms with Crippen molar-refractivity contribution in [3.05, 3.63) is 82.8 Å². The number of carbonyl (C=O) groups excluding carboxylic acids is 2. The number of primary amides is 1. The maximum atomic E-state index is 13.0. The molecule has 2 amide bonds. The van der Waals surface area contributed by atoms with E-state index in [9.17, 15) is 14.4 Å². The van der Waals surface area contributed by atoms with Gasteiger partial charge in [-0.25, -0.2) is 9.97 Å². The zero-order chi connectivity index (χ0) is 25.7. The number of imidazole rings is 1. The Hall–Kier alpha value is -4.47. The van der Waals surface area contributed by atoms with Gasteiger partial charge in [0.1, 0.15) is 23.0 Å². The molecule has 0 saturated heterocycles. The Morgan fingerprint density at radius 1 is 1.11 bits per heavy atom. The summed E-state index contributed by atoms with van der Waals surface area (Å²) in [4.78, 5) is 44.8. The van der Waals surface area contributed by atoms with Crippen LogP contribution in [0.4, 0.5) is 0 Å². The summed E-state index contributed by atoms with van der Waals surface area (Å²) in [5.41, 5.74) is 8.73. The maximum Gasteiger partial charge on any atom is 0.270 e. The Morgan fingerprint density at radius 2 is 1.92 bits per heavy atom. The van der Waals surface area contributed by atoms with Gasteiger partial charge in [-0.05, 0) is 72.6 Å². The molecular formula is C27H26N6O4. The predicted molar refractivity (Wildman–Crippen MR) is 135 cm³/mol. The van der Waals surface area contributed by atoms with E-state index in [1.165, 1.54) is 10.6 Å². The number of ether oxygens (including phenoxy) is 1. The number of nitrogens with two attached hydrogens (primary N) is 1. The Morgan fingerprint density at radius 3 is 2.68 bits per heavy atom. The number of carbonyl (C=O) groups is 2. The van der Waals surface area contributed by atoms with Crippen molar-refractivity contribution in [2.45, 2.75) is 37.8 Å². The van der Waals surface area contributed by atoms with Crippen molar-refractivity contribution in [3.8, 4) is 17.0 Å². The van der Waals surface area contributed by atoms with Crippen molar-refractivity contribution >= 4 is 17.5 Å². The van der Waals surface area contributed by atoms with Gasteiger partial charge < -0.3 is 20.4 Å². The van der Waals surface area contributed by atoms with Gasteiger partial charge in [0, 0.05) is 37.7 Å². The second-order valence-corrected chi connectivity index (χ2v) is 10.1. The van der Waals surface area contributed by atoms with E-state index in [4.69, 9.17) is 10.5 Å². The van der Waals surface area contributed by atoms with Crippen LogP contribution in [-0.4, -0.2) is 42.9 Å². The van der Waals surface area contributed by atoms with E-state index in [-0.39, 0.29) is 40.5 Å². The summed E-state index contributed by atoms with van der Waals surface area (Å²) in [5.74, 6) is -0.431. The fourth-order valence-corrected chi connectivity index (χ4v) is 5.59. The molecule has 0 aliphatic heterocycles. The number of aromatic nitrogens is 4. The van der Waals surface area contributed by atoms with E-state index in [1.54, 1.807) is 48.2 Å². The van der Waals surface area contributed by atoms with E-state index in [1.807, 2.05) is 18.3 Å². The van der Waals surface area contributed by atoms with Gasteiger partial charge in [0.15, 0.2) is 0 Å². The molecule has 3 N–H and O–H groups in total. The van der Waals surface area contributed by atoms with Crippen LogP contribution in [0.5, 0.6) is 5.88 Å². The molecule has 188 valence electrons. The number of rotatable bonds is 6. The molecule has 4 aromatic heterocycles. The van der Waals surface area contributed by atoms with E-state index in [2.05, 4.69) is 15.3 Å². The first kappa shape index (κ1) is 23.0. The number of hydrogen-bond donors (Lipinski definition) is 2. The Labute approximate surface area is 212 Å². The van der Waals surface area contributed by atoms with Gasteiger partial charge in [-0.3, -0.25) is 18.8 Å². The molecular weight excluding hydrogens is 472 g/mol. The third-order valence-electron chi connectivity index (χ3n) is 7.50. The number of nitrogens with one attached hydrogen (secondary N) is 1. The topological polar surface area (TPSA) is 134 Å². The quantitative estimate of drug-likeness (QED) is 0.419. The number of fused-ring (bicyclic) bond motifs is 1. The fraction of sp³-hybridized carbons (Fsp3) is 0.296. The van der Waals surface area contributed by atoms with Crippen LogP contribution in [0.1, 0.15) is 46.5 Å². The molecule has 0 bridgehead atoms. The number of pyridine rings is 3. The van der Waals surface area contributed by atoms with Crippen molar-refractivity contribution in [2.75, 3.05) is 0 Å². The van der Waals surface area contributed by atoms with Gasteiger partial charge in [0.2, 0.25) is 11.4 Å². The lowest BCUT2D eigenvalue weighted by Gasteiger charge is -2.57. The maximum absolute atomic E-state index is 13.0. The van der Waals surface area contributed by atoms with Crippen LogP contribution in [0.15, 0.2) is 66.0 Å². The lowest BCUT2D eigenvalue weighted by atomic mass is 9.53. The average molecular weight is 499 g/mol. The highest BCUT2D eigenvalue weighted by atomic mass is 16.5. The third-order valence-corrected chi connectivity index (χ3v) is 7.50. The normalized spacial score (nSPS) is 22.3. The zero-order valence-electron chi connectivity index (χ0n) is 20.3. The van der Waals surface area contributed by atoms with Crippen LogP contribution < -0.4 is 21.3 Å². The third kappa shape index (κ3) is 4.14. The summed E-state index contributed by atoms with van der Waals surface area (Å²) >= 11 is 0. The van der Waals surface area contributed by atoms with Gasteiger partial charge in [-0.15, -0.1) is 0 Å². The van der Waals surface area contributed by atoms with Crippen LogP contribution in [-0.2, 0) is 7.05 Å². The van der Waals surface area contributed by atoms with E-state index in [0.29, 0.717) is 11.3 Å². The minimum atomic E-state index is -0.556. The minimum Gasteiger partial charge on any atom is -0.474 e. The summed E-state index contributed by atoms with van der Waals surface area (Å²) in [6, 6.07) is 10.5. The summed E-state index contributed by atoms with van der Waals surface area (Å²) in [6.07, 6.45) is 10.2. The standard InChI is InChI=1S/C27H26N6O4/c1-32-15-17(4-5-23(32)34)16-6-8-33-21(14-30-22(33)9-16)25(36)31-18-10-27(11-18)12-19(13-27)37-26-20(24(28)35)3-2-7-29-26/h2-9,14-15,18-19H,10-13H2,1H3,(H2,28,35)(H,31,36). The minimum absolute atomic E-state index is 0.00958. The second-order valence-electron chi connectivity index (χ2n) is 10.1. The Balaban J connectivity index is 1.06. The highest BCUT2D eigenvalue weighted by molar-refractivity contribution is 5.95. The fourth-order valence-electron chi connectivity index (χ4n) is 5.59. The summed E-state index contributed by atoms with van der Waals surface area (Å²) in [5, 5.41) is 3.13. The number of nitrogens with zero attached hydrogens (tertiary/aromatic N) is 4. The number of hydrogen-bond acceptors (Lipinski definition) is 6. The van der Waals surface area contributed by atoms with E-state index >= 15 is 0 Å². The van der Waals surface area contributed by atoms with Gasteiger partial charge in [0.05, 0.1) is 6.20 Å². The van der Waals surface area contributed by atoms with Gasteiger partial charge in [-0.2, -0.15) is 0 Å². The lowest BCUT2D eigenvalue weighted by molar-refractivity contribution is -0.0848. The molecule has 1 spiro atoms. The molecule has 0 aromatic carbocycles. The molecule has 4 aromatic rings. The van der Waals surface area contributed by atoms with Crippen LogP contribution >= 0.6 is 0 Å². The summed E-state index contributed by atoms with van der Waals surface area (Å²) < 4.78 is 9.22. The van der Waals surface area contributed by atoms with Crippen molar-refractivity contribution in [1.29, 1.82) is 0 Å². The highest BCUT2D eigenvalue weighted by Crippen LogP contribution is 2.56. The number of aryl methyl sites for hydroxylation is 1. The van der Waals surface area contributed by atoms with Crippen molar-refractivity contribution in [3.63, 3.8) is 0 Å². The second kappa shape index (κ2) is 8.58. The Kier molecular flexibility index (Phi) is 5.32. The lowest BCUT2D eigenvalue weighted by Crippen LogP contribution is -2.58. The van der Waals surface area contributed by atoms with Crippen molar-refractivity contribution in [1.82, 2.24) is 24.3 Å². The van der Waals surface area contributed by atoms with Gasteiger partial charge >= 0.3 is 0 Å². The molecule has 2 fully saturated rings. The summed E-state index contributed by atoms with van der Waals surface area (Å²) in [7, 11) is 1.71. The van der Waals surface area contributed by atoms with E-state index < -0.39 is 5.91 Å². The molecule has 10 nitrogen and oxygen atoms in total. The molecule has 10 heteroatoms. The molecule has 2 saturated carbocycles. The molecule has 2 aliphatic carbocycles. The van der Waals surface area contributed by atoms with Crippen molar-refractivity contribution in [2.24, 2.45) is 18.2 Å². The summed E-state index contributed by atoms with van der Waals surface area (Å²) in [6.45, 7) is 0. The van der Waals surface area contributed by atoms with Crippen molar-refractivity contribution < 1.29 is 14.3 Å². The highest BCUT2D eigenvalue weighted by Gasteiger charge is 2.54.